The molecule has 0 saturated heterocycles. The maximum atomic E-state index is 6.29. The molecule has 0 spiro atoms. The van der Waals surface area contributed by atoms with E-state index in [1.807, 2.05) is 49.2 Å². The third-order valence-corrected chi connectivity index (χ3v) is 5.89. The number of aliphatic imine (C=N–C) groups is 2. The number of ether oxygens (including phenoxy) is 1. The maximum Gasteiger partial charge on any atom is 0.225 e. The van der Waals surface area contributed by atoms with Crippen molar-refractivity contribution >= 4 is 18.2 Å². The molecule has 2 unspecified atom stereocenters. The molecule has 3 aliphatic rings. The van der Waals surface area contributed by atoms with Gasteiger partial charge in [-0.1, -0.05) is 36.4 Å². The molecular formula is C24H25N4O+. The van der Waals surface area contributed by atoms with E-state index in [0.717, 1.165) is 17.1 Å². The van der Waals surface area contributed by atoms with Crippen LogP contribution in [0.15, 0.2) is 88.9 Å². The number of hydrogen-bond acceptors (Lipinski definition) is 4. The van der Waals surface area contributed by atoms with Crippen LogP contribution in [0.3, 0.4) is 0 Å². The third kappa shape index (κ3) is 3.17. The normalized spacial score (nSPS) is 23.3. The minimum atomic E-state index is -0.0125. The third-order valence-electron chi connectivity index (χ3n) is 5.89. The van der Waals surface area contributed by atoms with Crippen LogP contribution in [-0.4, -0.2) is 23.2 Å². The first-order valence-electron chi connectivity index (χ1n) is 10.2. The molecule has 29 heavy (non-hydrogen) atoms. The van der Waals surface area contributed by atoms with Gasteiger partial charge in [-0.15, -0.1) is 4.59 Å². The van der Waals surface area contributed by atoms with Crippen LogP contribution >= 0.6 is 0 Å². The van der Waals surface area contributed by atoms with Crippen LogP contribution in [-0.2, 0) is 0 Å². The Kier molecular flexibility index (Phi) is 4.52. The lowest BCUT2D eigenvalue weighted by Crippen LogP contribution is -2.61. The highest BCUT2D eigenvalue weighted by molar-refractivity contribution is 5.82. The van der Waals surface area contributed by atoms with E-state index in [9.17, 15) is 0 Å². The average molecular weight is 385 g/mol. The zero-order valence-electron chi connectivity index (χ0n) is 16.6. The van der Waals surface area contributed by atoms with Gasteiger partial charge in [-0.05, 0) is 43.9 Å². The Bertz CT molecular complexity index is 1010. The molecule has 2 atom stereocenters. The van der Waals surface area contributed by atoms with Crippen molar-refractivity contribution < 1.29 is 9.33 Å². The Morgan fingerprint density at radius 3 is 2.72 bits per heavy atom. The van der Waals surface area contributed by atoms with Crippen LogP contribution in [0.25, 0.3) is 0 Å². The van der Waals surface area contributed by atoms with Crippen LogP contribution < -0.4 is 9.75 Å². The lowest BCUT2D eigenvalue weighted by atomic mass is 9.91. The molecule has 5 nitrogen and oxygen atoms in total. The van der Waals surface area contributed by atoms with Gasteiger partial charge >= 0.3 is 0 Å². The first-order chi connectivity index (χ1) is 14.3. The molecule has 0 bridgehead atoms. The summed E-state index contributed by atoms with van der Waals surface area (Å²) in [4.78, 5) is 8.78. The van der Waals surface area contributed by atoms with Crippen molar-refractivity contribution in [3.05, 3.63) is 84.5 Å². The summed E-state index contributed by atoms with van der Waals surface area (Å²) in [6.45, 7) is 2.09. The number of quaternary nitrogens is 1. The van der Waals surface area contributed by atoms with Crippen molar-refractivity contribution in [1.82, 2.24) is 0 Å². The van der Waals surface area contributed by atoms with Gasteiger partial charge in [0.15, 0.2) is 6.20 Å². The number of anilines is 1. The quantitative estimate of drug-likeness (QED) is 0.628. The number of hydrogen-bond donors (Lipinski definition) is 0. The zero-order valence-corrected chi connectivity index (χ0v) is 16.6. The molecule has 1 aliphatic carbocycles. The summed E-state index contributed by atoms with van der Waals surface area (Å²) in [5, 5.41) is 2.44. The molecule has 0 amide bonds. The fourth-order valence-corrected chi connectivity index (χ4v) is 4.13. The van der Waals surface area contributed by atoms with Crippen molar-refractivity contribution in [1.29, 1.82) is 0 Å². The van der Waals surface area contributed by atoms with Gasteiger partial charge in [0.1, 0.15) is 11.9 Å². The lowest BCUT2D eigenvalue weighted by molar-refractivity contribution is -0.746. The molecule has 2 aromatic rings. The van der Waals surface area contributed by atoms with E-state index in [-0.39, 0.29) is 6.10 Å². The average Bonchev–Trinajstić information content (AvgIpc) is 3.16. The number of benzene rings is 2. The van der Waals surface area contributed by atoms with Crippen LogP contribution in [0.4, 0.5) is 5.69 Å². The summed E-state index contributed by atoms with van der Waals surface area (Å²) in [6.07, 6.45) is 13.3. The molecule has 146 valence electrons. The number of nitrogens with zero attached hydrogens (tertiary/aromatic N) is 4. The molecule has 1 fully saturated rings. The monoisotopic (exact) mass is 385 g/mol. The highest BCUT2D eigenvalue weighted by Crippen LogP contribution is 2.40. The van der Waals surface area contributed by atoms with Crippen molar-refractivity contribution in [3.63, 3.8) is 0 Å². The Morgan fingerprint density at radius 1 is 1.07 bits per heavy atom. The molecule has 2 heterocycles. The Labute approximate surface area is 171 Å². The number of rotatable bonds is 6. The van der Waals surface area contributed by atoms with Crippen LogP contribution in [0.5, 0.6) is 5.75 Å². The molecule has 2 aliphatic heterocycles. The fourth-order valence-electron chi connectivity index (χ4n) is 4.13. The molecule has 1 saturated carbocycles. The molecule has 2 aromatic carbocycles. The summed E-state index contributed by atoms with van der Waals surface area (Å²) in [5.74, 6) is 0.873. The highest BCUT2D eigenvalue weighted by atomic mass is 16.5. The molecule has 5 heteroatoms. The standard InChI is InChI=1S/C24H25N4O/c1-19(20-7-3-2-4-8-20)29-24-12-6-11-22(15-24)27(21-9-5-10-21)28-14-13-25-16-23(28)17-26-18-28/h2-4,6-8,11-19,21H,5,9-10H2,1H3/q+1. The summed E-state index contributed by atoms with van der Waals surface area (Å²) in [7, 11) is 0. The van der Waals surface area contributed by atoms with Gasteiger partial charge in [0, 0.05) is 6.07 Å². The smallest absolute Gasteiger partial charge is 0.225 e. The predicted octanol–water partition coefficient (Wildman–Crippen LogP) is 5.36. The van der Waals surface area contributed by atoms with E-state index in [1.165, 1.54) is 24.8 Å². The van der Waals surface area contributed by atoms with E-state index in [4.69, 9.17) is 4.74 Å². The van der Waals surface area contributed by atoms with Crippen LogP contribution in [0, 0.1) is 0 Å². The second-order valence-corrected chi connectivity index (χ2v) is 7.73. The van der Waals surface area contributed by atoms with Crippen molar-refractivity contribution in [2.45, 2.75) is 38.3 Å². The Morgan fingerprint density at radius 2 is 1.93 bits per heavy atom. The van der Waals surface area contributed by atoms with Crippen molar-refractivity contribution in [2.24, 2.45) is 9.98 Å². The van der Waals surface area contributed by atoms with Gasteiger partial charge in [0.25, 0.3) is 0 Å². The summed E-state index contributed by atoms with van der Waals surface area (Å²) >= 11 is 0. The molecule has 0 aromatic heterocycles. The number of fused-ring (bicyclic) bond motifs is 1. The van der Waals surface area contributed by atoms with Crippen molar-refractivity contribution in [2.75, 3.05) is 5.01 Å². The first-order valence-corrected chi connectivity index (χ1v) is 10.2. The van der Waals surface area contributed by atoms with E-state index >= 15 is 0 Å². The van der Waals surface area contributed by atoms with Crippen LogP contribution in [0.1, 0.15) is 37.9 Å². The minimum Gasteiger partial charge on any atom is -0.486 e. The van der Waals surface area contributed by atoms with Gasteiger partial charge in [0.2, 0.25) is 12.0 Å². The fraction of sp³-hybridized carbons (Fsp3) is 0.250. The van der Waals surface area contributed by atoms with E-state index in [0.29, 0.717) is 10.6 Å². The maximum absolute atomic E-state index is 6.29. The minimum absolute atomic E-state index is 0.0125. The van der Waals surface area contributed by atoms with Gasteiger partial charge in [-0.3, -0.25) is 4.99 Å². The SMILES string of the molecule is CC(Oc1cccc(N(C2CCC2)[N+]23C=CN=CC2=CN=C3)c1)c1ccccc1. The summed E-state index contributed by atoms with van der Waals surface area (Å²) in [6, 6.07) is 19.2. The van der Waals surface area contributed by atoms with Crippen molar-refractivity contribution in [3.8, 4) is 5.75 Å². The molecular weight excluding hydrogens is 360 g/mol. The van der Waals surface area contributed by atoms with Gasteiger partial charge in [0.05, 0.1) is 30.3 Å². The van der Waals surface area contributed by atoms with Crippen LogP contribution in [0.2, 0.25) is 0 Å². The Balaban J connectivity index is 1.48. The lowest BCUT2D eigenvalue weighted by Gasteiger charge is -2.46. The zero-order chi connectivity index (χ0) is 19.7. The Hall–Kier alpha value is -3.18. The second kappa shape index (κ2) is 7.33. The second-order valence-electron chi connectivity index (χ2n) is 7.73. The molecule has 0 N–H and O–H groups in total. The number of allylic oxidation sites excluding steroid dienone is 1. The van der Waals surface area contributed by atoms with E-state index in [1.54, 1.807) is 0 Å². The molecule has 0 radical (unpaired) electrons. The largest absolute Gasteiger partial charge is 0.486 e. The van der Waals surface area contributed by atoms with E-state index in [2.05, 4.69) is 58.4 Å². The highest BCUT2D eigenvalue weighted by Gasteiger charge is 2.46. The van der Waals surface area contributed by atoms with Gasteiger partial charge < -0.3 is 4.74 Å². The molecule has 5 rings (SSSR count). The van der Waals surface area contributed by atoms with E-state index < -0.39 is 0 Å². The predicted molar refractivity (Wildman–Crippen MR) is 117 cm³/mol. The summed E-state index contributed by atoms with van der Waals surface area (Å²) in [5.41, 5.74) is 3.36. The topological polar surface area (TPSA) is 37.2 Å². The first kappa shape index (κ1) is 17.9. The van der Waals surface area contributed by atoms with Gasteiger partial charge in [-0.2, -0.15) is 0 Å². The summed E-state index contributed by atoms with van der Waals surface area (Å²) < 4.78 is 6.76. The van der Waals surface area contributed by atoms with Gasteiger partial charge in [-0.25, -0.2) is 10.0 Å².